The summed E-state index contributed by atoms with van der Waals surface area (Å²) in [6.45, 7) is 0.0943. The highest BCUT2D eigenvalue weighted by Gasteiger charge is 2.41. The zero-order valence-corrected chi connectivity index (χ0v) is 20.2. The van der Waals surface area contributed by atoms with Gasteiger partial charge in [-0.3, -0.25) is 19.7 Å². The number of nitrogens with one attached hydrogen (secondary N) is 1. The lowest BCUT2D eigenvalue weighted by Crippen LogP contribution is -2.36. The van der Waals surface area contributed by atoms with Crippen LogP contribution in [0.5, 0.6) is 5.75 Å². The molecular weight excluding hydrogens is 491 g/mol. The van der Waals surface area contributed by atoms with Crippen molar-refractivity contribution in [1.29, 1.82) is 0 Å². The van der Waals surface area contributed by atoms with Gasteiger partial charge in [-0.25, -0.2) is 0 Å². The Morgan fingerprint density at radius 2 is 1.54 bits per heavy atom. The first-order chi connectivity index (χ1) is 16.8. The average Bonchev–Trinajstić information content (AvgIpc) is 2.82. The van der Waals surface area contributed by atoms with Gasteiger partial charge in [0.25, 0.3) is 5.69 Å². The quantitative estimate of drug-likeness (QED) is 0.379. The molecule has 0 atom stereocenters. The van der Waals surface area contributed by atoms with Crippen LogP contribution in [0, 0.1) is 10.1 Å². The van der Waals surface area contributed by atoms with Gasteiger partial charge >= 0.3 is 0 Å². The van der Waals surface area contributed by atoms with Crippen LogP contribution in [0.3, 0.4) is 0 Å². The van der Waals surface area contributed by atoms with Gasteiger partial charge in [0.05, 0.1) is 9.95 Å². The lowest BCUT2D eigenvalue weighted by Gasteiger charge is -2.37. The second-order valence-corrected chi connectivity index (χ2v) is 9.76. The lowest BCUT2D eigenvalue weighted by atomic mass is 9.71. The molecule has 9 heteroatoms. The number of nitro benzene ring substituents is 1. The summed E-state index contributed by atoms with van der Waals surface area (Å²) in [6, 6.07) is 9.32. The number of Topliss-reactive ketones (excluding diaryl/α,β-unsaturated/α-hetero) is 2. The standard InChI is InChI=1S/C26H22Cl2N2O5/c27-15-11-17(26(18(28)12-15)35-13-14-7-9-16(10-8-14)30(33)34)23-24-19(3-1-5-21(24)31)29-20-4-2-6-22(32)25(20)23/h7-12,23,29H,1-6,13H2. The van der Waals surface area contributed by atoms with E-state index in [9.17, 15) is 19.7 Å². The molecule has 1 heterocycles. The molecule has 35 heavy (non-hydrogen) atoms. The number of nitro groups is 1. The Labute approximate surface area is 211 Å². The number of benzene rings is 2. The summed E-state index contributed by atoms with van der Waals surface area (Å²) in [4.78, 5) is 36.8. The largest absolute Gasteiger partial charge is 0.487 e. The van der Waals surface area contributed by atoms with Gasteiger partial charge in [-0.05, 0) is 55.5 Å². The van der Waals surface area contributed by atoms with Crippen LogP contribution >= 0.6 is 23.2 Å². The third kappa shape index (κ3) is 4.46. The van der Waals surface area contributed by atoms with E-state index in [0.717, 1.165) is 37.1 Å². The molecule has 0 saturated heterocycles. The number of rotatable bonds is 5. The molecule has 3 aliphatic rings. The van der Waals surface area contributed by atoms with Gasteiger partial charge in [0.1, 0.15) is 12.4 Å². The molecule has 0 fully saturated rings. The van der Waals surface area contributed by atoms with E-state index in [2.05, 4.69) is 5.32 Å². The first kappa shape index (κ1) is 23.6. The van der Waals surface area contributed by atoms with Crippen LogP contribution in [0.2, 0.25) is 10.0 Å². The SMILES string of the molecule is O=C1CCCC2=C1C(c1cc(Cl)cc(Cl)c1OCc1ccc([N+](=O)[O-])cc1)C1=C(CCCC1=O)N2. The molecule has 0 amide bonds. The summed E-state index contributed by atoms with van der Waals surface area (Å²) < 4.78 is 6.14. The smallest absolute Gasteiger partial charge is 0.269 e. The summed E-state index contributed by atoms with van der Waals surface area (Å²) in [6.07, 6.45) is 3.81. The lowest BCUT2D eigenvalue weighted by molar-refractivity contribution is -0.384. The van der Waals surface area contributed by atoms with E-state index < -0.39 is 10.8 Å². The van der Waals surface area contributed by atoms with Gasteiger partial charge in [-0.2, -0.15) is 0 Å². The molecular formula is C26H22Cl2N2O5. The molecule has 2 aromatic carbocycles. The van der Waals surface area contributed by atoms with E-state index in [4.69, 9.17) is 27.9 Å². The number of carbonyl (C=O) groups is 2. The molecule has 0 aromatic heterocycles. The van der Waals surface area contributed by atoms with Crippen LogP contribution in [0.4, 0.5) is 5.69 Å². The van der Waals surface area contributed by atoms with Gasteiger partial charge in [0.2, 0.25) is 0 Å². The number of nitrogens with zero attached hydrogens (tertiary/aromatic N) is 1. The number of hydrogen-bond acceptors (Lipinski definition) is 6. The molecule has 0 saturated carbocycles. The topological polar surface area (TPSA) is 98.5 Å². The molecule has 7 nitrogen and oxygen atoms in total. The van der Waals surface area contributed by atoms with Crippen LogP contribution in [-0.4, -0.2) is 16.5 Å². The maximum Gasteiger partial charge on any atom is 0.269 e. The molecule has 1 aliphatic heterocycles. The van der Waals surface area contributed by atoms with Gasteiger partial charge < -0.3 is 10.1 Å². The van der Waals surface area contributed by atoms with E-state index in [-0.39, 0.29) is 28.9 Å². The molecule has 0 bridgehead atoms. The Morgan fingerprint density at radius 1 is 0.943 bits per heavy atom. The van der Waals surface area contributed by atoms with Crippen molar-refractivity contribution in [2.45, 2.75) is 51.0 Å². The van der Waals surface area contributed by atoms with E-state index in [1.165, 1.54) is 12.1 Å². The zero-order chi connectivity index (χ0) is 24.7. The normalized spacial score (nSPS) is 18.2. The predicted molar refractivity (Wildman–Crippen MR) is 132 cm³/mol. The van der Waals surface area contributed by atoms with Crippen LogP contribution in [-0.2, 0) is 16.2 Å². The third-order valence-electron chi connectivity index (χ3n) is 6.67. The first-order valence-electron chi connectivity index (χ1n) is 11.5. The Kier molecular flexibility index (Phi) is 6.38. The summed E-state index contributed by atoms with van der Waals surface area (Å²) in [5.74, 6) is -0.251. The fourth-order valence-electron chi connectivity index (χ4n) is 5.11. The molecule has 0 unspecified atom stereocenters. The number of carbonyl (C=O) groups excluding carboxylic acids is 2. The summed E-state index contributed by atoms with van der Waals surface area (Å²) in [5, 5.41) is 15.0. The number of ketones is 2. The molecule has 5 rings (SSSR count). The molecule has 0 radical (unpaired) electrons. The fraction of sp³-hybridized carbons (Fsp3) is 0.308. The molecule has 180 valence electrons. The predicted octanol–water partition coefficient (Wildman–Crippen LogP) is 6.18. The van der Waals surface area contributed by atoms with Crippen LogP contribution < -0.4 is 10.1 Å². The minimum absolute atomic E-state index is 0.00564. The monoisotopic (exact) mass is 512 g/mol. The number of dihydropyridines is 1. The van der Waals surface area contributed by atoms with Crippen molar-refractivity contribution in [3.05, 3.63) is 90.2 Å². The third-order valence-corrected chi connectivity index (χ3v) is 7.17. The molecule has 1 N–H and O–H groups in total. The average molecular weight is 513 g/mol. The minimum atomic E-state index is -0.607. The number of allylic oxidation sites excluding steroid dienone is 4. The second-order valence-electron chi connectivity index (χ2n) is 8.91. The van der Waals surface area contributed by atoms with Crippen LogP contribution in [0.15, 0.2) is 58.9 Å². The maximum atomic E-state index is 13.1. The highest BCUT2D eigenvalue weighted by Crippen LogP contribution is 2.49. The summed E-state index contributed by atoms with van der Waals surface area (Å²) >= 11 is 13.0. The van der Waals surface area contributed by atoms with Crippen LogP contribution in [0.25, 0.3) is 0 Å². The van der Waals surface area contributed by atoms with E-state index in [1.807, 2.05) is 0 Å². The Hall–Kier alpha value is -3.16. The summed E-state index contributed by atoms with van der Waals surface area (Å²) in [5.41, 5.74) is 4.16. The number of non-ortho nitro benzene ring substituents is 1. The van der Waals surface area contributed by atoms with Gasteiger partial charge in [-0.15, -0.1) is 0 Å². The molecule has 2 aromatic rings. The van der Waals surface area contributed by atoms with Gasteiger partial charge in [0, 0.05) is 64.0 Å². The van der Waals surface area contributed by atoms with Crippen molar-refractivity contribution in [3.63, 3.8) is 0 Å². The Morgan fingerprint density at radius 3 is 2.11 bits per heavy atom. The van der Waals surface area contributed by atoms with Crippen LogP contribution in [0.1, 0.15) is 55.6 Å². The van der Waals surface area contributed by atoms with Gasteiger partial charge in [0.15, 0.2) is 11.6 Å². The fourth-order valence-corrected chi connectivity index (χ4v) is 5.67. The second kappa shape index (κ2) is 9.47. The van der Waals surface area contributed by atoms with Crippen molar-refractivity contribution < 1.29 is 19.2 Å². The van der Waals surface area contributed by atoms with E-state index in [1.54, 1.807) is 24.3 Å². The van der Waals surface area contributed by atoms with Gasteiger partial charge in [-0.1, -0.05) is 23.2 Å². The Balaban J connectivity index is 1.59. The Bertz CT molecular complexity index is 1270. The highest BCUT2D eigenvalue weighted by molar-refractivity contribution is 6.35. The number of hydrogen-bond donors (Lipinski definition) is 1. The van der Waals surface area contributed by atoms with Crippen molar-refractivity contribution in [2.24, 2.45) is 0 Å². The van der Waals surface area contributed by atoms with Crippen molar-refractivity contribution >= 4 is 40.5 Å². The summed E-state index contributed by atoms with van der Waals surface area (Å²) in [7, 11) is 0. The zero-order valence-electron chi connectivity index (χ0n) is 18.7. The molecule has 2 aliphatic carbocycles. The molecule has 0 spiro atoms. The minimum Gasteiger partial charge on any atom is -0.487 e. The van der Waals surface area contributed by atoms with E-state index in [0.29, 0.717) is 45.9 Å². The number of halogens is 2. The number of ether oxygens (including phenoxy) is 1. The van der Waals surface area contributed by atoms with Crippen molar-refractivity contribution in [1.82, 2.24) is 5.32 Å². The van der Waals surface area contributed by atoms with Crippen molar-refractivity contribution in [2.75, 3.05) is 0 Å². The maximum absolute atomic E-state index is 13.1. The first-order valence-corrected chi connectivity index (χ1v) is 12.2. The highest BCUT2D eigenvalue weighted by atomic mass is 35.5. The van der Waals surface area contributed by atoms with E-state index >= 15 is 0 Å². The van der Waals surface area contributed by atoms with Crippen molar-refractivity contribution in [3.8, 4) is 5.75 Å².